The van der Waals surface area contributed by atoms with Gasteiger partial charge in [0.25, 0.3) is 0 Å². The fraction of sp³-hybridized carbons (Fsp3) is 0.600. The molecule has 1 aliphatic rings. The minimum atomic E-state index is 0.0626. The first-order valence-electron chi connectivity index (χ1n) is 7.44. The molecule has 0 fully saturated rings. The molecule has 21 heavy (non-hydrogen) atoms. The van der Waals surface area contributed by atoms with Crippen molar-refractivity contribution in [1.82, 2.24) is 10.2 Å². The van der Waals surface area contributed by atoms with E-state index in [0.29, 0.717) is 23.1 Å². The second kappa shape index (κ2) is 7.84. The molecule has 0 amide bonds. The number of likely N-dealkylation sites (N-methyl/N-ethyl adjacent to an activating group) is 1. The normalized spacial score (nSPS) is 14.7. The molecule has 0 saturated carbocycles. The lowest BCUT2D eigenvalue weighted by molar-refractivity contribution is 0.174. The maximum Gasteiger partial charge on any atom is 0.231 e. The average Bonchev–Trinajstić information content (AvgIpc) is 2.96. The van der Waals surface area contributed by atoms with Crippen molar-refractivity contribution in [2.45, 2.75) is 19.9 Å². The largest absolute Gasteiger partial charge is 0.454 e. The number of ether oxygens (including phenoxy) is 2. The van der Waals surface area contributed by atoms with Crippen LogP contribution in [0.2, 0.25) is 5.02 Å². The zero-order valence-corrected chi connectivity index (χ0v) is 13.4. The van der Waals surface area contributed by atoms with Gasteiger partial charge in [0.05, 0.1) is 5.02 Å². The van der Waals surface area contributed by atoms with Gasteiger partial charge in [-0.05, 0) is 30.8 Å². The van der Waals surface area contributed by atoms with E-state index in [2.05, 4.69) is 24.1 Å². The van der Waals surface area contributed by atoms with Crippen molar-refractivity contribution in [3.8, 4) is 11.5 Å². The lowest BCUT2D eigenvalue weighted by Gasteiger charge is -2.22. The van der Waals surface area contributed by atoms with E-state index < -0.39 is 0 Å². The van der Waals surface area contributed by atoms with Crippen LogP contribution < -0.4 is 20.5 Å². The van der Waals surface area contributed by atoms with Crippen molar-refractivity contribution >= 4 is 11.6 Å². The third-order valence-corrected chi connectivity index (χ3v) is 4.08. The van der Waals surface area contributed by atoms with Crippen LogP contribution in [0, 0.1) is 0 Å². The van der Waals surface area contributed by atoms with E-state index in [1.54, 1.807) is 0 Å². The molecule has 0 saturated heterocycles. The Morgan fingerprint density at radius 3 is 2.76 bits per heavy atom. The highest BCUT2D eigenvalue weighted by atomic mass is 35.5. The summed E-state index contributed by atoms with van der Waals surface area (Å²) in [7, 11) is 0. The Balaban J connectivity index is 1.99. The summed E-state index contributed by atoms with van der Waals surface area (Å²) < 4.78 is 10.7. The van der Waals surface area contributed by atoms with Crippen molar-refractivity contribution in [2.24, 2.45) is 5.73 Å². The summed E-state index contributed by atoms with van der Waals surface area (Å²) in [5, 5.41) is 4.05. The molecule has 1 heterocycles. The highest BCUT2D eigenvalue weighted by molar-refractivity contribution is 6.32. The smallest absolute Gasteiger partial charge is 0.231 e. The lowest BCUT2D eigenvalue weighted by atomic mass is 10.1. The van der Waals surface area contributed by atoms with Gasteiger partial charge in [0.15, 0.2) is 11.5 Å². The SMILES string of the molecule is CCN(CC)CCNC(CN)c1cc(Cl)c2c(c1)OCO2. The molecule has 2 rings (SSSR count). The molecule has 1 aliphatic heterocycles. The Bertz CT molecular complexity index is 466. The fourth-order valence-electron chi connectivity index (χ4n) is 2.46. The topological polar surface area (TPSA) is 59.8 Å². The van der Waals surface area contributed by atoms with Crippen molar-refractivity contribution in [3.05, 3.63) is 22.7 Å². The zero-order chi connectivity index (χ0) is 15.2. The molecule has 0 aromatic heterocycles. The quantitative estimate of drug-likeness (QED) is 0.769. The predicted molar refractivity (Wildman–Crippen MR) is 85.2 cm³/mol. The van der Waals surface area contributed by atoms with Gasteiger partial charge in [-0.2, -0.15) is 0 Å². The summed E-state index contributed by atoms with van der Waals surface area (Å²) in [5.74, 6) is 1.32. The molecule has 1 atom stereocenters. The van der Waals surface area contributed by atoms with Crippen LogP contribution in [0.3, 0.4) is 0 Å². The molecule has 1 unspecified atom stereocenters. The van der Waals surface area contributed by atoms with Crippen LogP contribution in [0.5, 0.6) is 11.5 Å². The Morgan fingerprint density at radius 1 is 1.33 bits per heavy atom. The number of fused-ring (bicyclic) bond motifs is 1. The predicted octanol–water partition coefficient (Wildman–Crippen LogP) is 2.00. The van der Waals surface area contributed by atoms with Crippen LogP contribution >= 0.6 is 11.6 Å². The molecule has 5 nitrogen and oxygen atoms in total. The summed E-state index contributed by atoms with van der Waals surface area (Å²) in [6.07, 6.45) is 0. The zero-order valence-electron chi connectivity index (χ0n) is 12.7. The molecular formula is C15H24ClN3O2. The first-order chi connectivity index (χ1) is 10.2. The van der Waals surface area contributed by atoms with Gasteiger partial charge in [-0.3, -0.25) is 0 Å². The minimum Gasteiger partial charge on any atom is -0.454 e. The van der Waals surface area contributed by atoms with E-state index in [1.165, 1.54) is 0 Å². The van der Waals surface area contributed by atoms with Gasteiger partial charge in [-0.1, -0.05) is 25.4 Å². The van der Waals surface area contributed by atoms with Gasteiger partial charge in [0, 0.05) is 25.7 Å². The van der Waals surface area contributed by atoms with Gasteiger partial charge >= 0.3 is 0 Å². The van der Waals surface area contributed by atoms with E-state index in [-0.39, 0.29) is 12.8 Å². The van der Waals surface area contributed by atoms with Crippen LogP contribution in [0.4, 0.5) is 0 Å². The molecule has 1 aromatic carbocycles. The van der Waals surface area contributed by atoms with Gasteiger partial charge in [-0.15, -0.1) is 0 Å². The first kappa shape index (κ1) is 16.4. The van der Waals surface area contributed by atoms with Gasteiger partial charge < -0.3 is 25.4 Å². The molecular weight excluding hydrogens is 290 g/mol. The van der Waals surface area contributed by atoms with E-state index >= 15 is 0 Å². The number of hydrogen-bond donors (Lipinski definition) is 2. The van der Waals surface area contributed by atoms with Crippen molar-refractivity contribution in [2.75, 3.05) is 39.5 Å². The monoisotopic (exact) mass is 313 g/mol. The number of rotatable bonds is 8. The van der Waals surface area contributed by atoms with Crippen molar-refractivity contribution < 1.29 is 9.47 Å². The van der Waals surface area contributed by atoms with Crippen LogP contribution in [0.25, 0.3) is 0 Å². The molecule has 118 valence electrons. The lowest BCUT2D eigenvalue weighted by Crippen LogP contribution is -2.36. The van der Waals surface area contributed by atoms with Crippen LogP contribution in [0.15, 0.2) is 12.1 Å². The molecule has 0 spiro atoms. The van der Waals surface area contributed by atoms with Gasteiger partial charge in [0.2, 0.25) is 6.79 Å². The number of benzene rings is 1. The highest BCUT2D eigenvalue weighted by Gasteiger charge is 2.21. The minimum absolute atomic E-state index is 0.0626. The standard InChI is InChI=1S/C15H24ClN3O2/c1-3-19(4-2)6-5-18-13(9-17)11-7-12(16)15-14(8-11)20-10-21-15/h7-8,13,18H,3-6,9-10,17H2,1-2H3. The summed E-state index contributed by atoms with van der Waals surface area (Å²) in [5.41, 5.74) is 6.92. The Labute approximate surface area is 131 Å². The number of nitrogens with two attached hydrogens (primary N) is 1. The van der Waals surface area contributed by atoms with Crippen LogP contribution in [-0.4, -0.2) is 44.4 Å². The molecule has 3 N–H and O–H groups in total. The summed E-state index contributed by atoms with van der Waals surface area (Å²) in [6.45, 7) is 9.07. The summed E-state index contributed by atoms with van der Waals surface area (Å²) in [4.78, 5) is 2.37. The maximum atomic E-state index is 6.22. The molecule has 0 bridgehead atoms. The summed E-state index contributed by atoms with van der Waals surface area (Å²) >= 11 is 6.22. The molecule has 0 radical (unpaired) electrons. The highest BCUT2D eigenvalue weighted by Crippen LogP contribution is 2.40. The second-order valence-electron chi connectivity index (χ2n) is 5.01. The number of nitrogens with one attached hydrogen (secondary N) is 1. The van der Waals surface area contributed by atoms with Gasteiger partial charge in [-0.25, -0.2) is 0 Å². The van der Waals surface area contributed by atoms with Crippen LogP contribution in [-0.2, 0) is 0 Å². The van der Waals surface area contributed by atoms with E-state index in [9.17, 15) is 0 Å². The molecule has 6 heteroatoms. The van der Waals surface area contributed by atoms with E-state index in [0.717, 1.165) is 31.7 Å². The van der Waals surface area contributed by atoms with Crippen LogP contribution in [0.1, 0.15) is 25.5 Å². The number of nitrogens with zero attached hydrogens (tertiary/aromatic N) is 1. The van der Waals surface area contributed by atoms with E-state index in [4.69, 9.17) is 26.8 Å². The Kier molecular flexibility index (Phi) is 6.11. The Morgan fingerprint density at radius 2 is 2.10 bits per heavy atom. The Hall–Kier alpha value is -1.01. The maximum absolute atomic E-state index is 6.22. The number of halogens is 1. The van der Waals surface area contributed by atoms with Crippen molar-refractivity contribution in [3.63, 3.8) is 0 Å². The van der Waals surface area contributed by atoms with E-state index in [1.807, 2.05) is 12.1 Å². The molecule has 1 aromatic rings. The first-order valence-corrected chi connectivity index (χ1v) is 7.82. The third-order valence-electron chi connectivity index (χ3n) is 3.80. The van der Waals surface area contributed by atoms with Crippen molar-refractivity contribution in [1.29, 1.82) is 0 Å². The molecule has 0 aliphatic carbocycles. The second-order valence-corrected chi connectivity index (χ2v) is 5.41. The number of hydrogen-bond acceptors (Lipinski definition) is 5. The third kappa shape index (κ3) is 4.01. The van der Waals surface area contributed by atoms with Gasteiger partial charge in [0.1, 0.15) is 0 Å². The summed E-state index contributed by atoms with van der Waals surface area (Å²) in [6, 6.07) is 3.92. The fourth-order valence-corrected chi connectivity index (χ4v) is 2.74. The average molecular weight is 314 g/mol.